The summed E-state index contributed by atoms with van der Waals surface area (Å²) in [6.07, 6.45) is 7.43. The Morgan fingerprint density at radius 1 is 1.47 bits per heavy atom. The first-order valence-electron chi connectivity index (χ1n) is 6.35. The van der Waals surface area contributed by atoms with E-state index in [1.54, 1.807) is 0 Å². The van der Waals surface area contributed by atoms with Gasteiger partial charge in [-0.25, -0.2) is 0 Å². The molecule has 5 nitrogen and oxygen atoms in total. The number of carbonyl (C=O) groups is 1. The minimum absolute atomic E-state index is 0.0290. The number of nitrogens with one attached hydrogen (secondary N) is 1. The molecule has 5 heteroatoms. The SMILES string of the molecule is CCC1CCC(N(C)C(=O)c2cn[nH]n2)CC1. The summed E-state index contributed by atoms with van der Waals surface area (Å²) in [6, 6.07) is 0.363. The topological polar surface area (TPSA) is 61.9 Å². The van der Waals surface area contributed by atoms with E-state index in [9.17, 15) is 4.79 Å². The van der Waals surface area contributed by atoms with Crippen molar-refractivity contribution in [3.05, 3.63) is 11.9 Å². The van der Waals surface area contributed by atoms with Crippen LogP contribution in [-0.4, -0.2) is 39.3 Å². The van der Waals surface area contributed by atoms with E-state index in [1.165, 1.54) is 25.5 Å². The summed E-state index contributed by atoms with van der Waals surface area (Å²) in [5, 5.41) is 9.99. The van der Waals surface area contributed by atoms with Crippen molar-refractivity contribution in [2.24, 2.45) is 5.92 Å². The van der Waals surface area contributed by atoms with Crippen LogP contribution in [-0.2, 0) is 0 Å². The van der Waals surface area contributed by atoms with Crippen LogP contribution in [0.5, 0.6) is 0 Å². The molecule has 94 valence electrons. The van der Waals surface area contributed by atoms with Crippen LogP contribution in [0.3, 0.4) is 0 Å². The van der Waals surface area contributed by atoms with E-state index >= 15 is 0 Å². The first kappa shape index (κ1) is 12.1. The zero-order valence-electron chi connectivity index (χ0n) is 10.5. The number of carbonyl (C=O) groups excluding carboxylic acids is 1. The maximum atomic E-state index is 12.1. The van der Waals surface area contributed by atoms with Crippen molar-refractivity contribution in [2.45, 2.75) is 45.1 Å². The molecule has 1 amide bonds. The second-order valence-corrected chi connectivity index (χ2v) is 4.85. The third-order valence-corrected chi connectivity index (χ3v) is 3.90. The normalized spacial score (nSPS) is 24.6. The largest absolute Gasteiger partial charge is 0.337 e. The highest BCUT2D eigenvalue weighted by atomic mass is 16.2. The van der Waals surface area contributed by atoms with E-state index < -0.39 is 0 Å². The van der Waals surface area contributed by atoms with Gasteiger partial charge in [-0.05, 0) is 31.6 Å². The first-order valence-corrected chi connectivity index (χ1v) is 6.35. The fourth-order valence-corrected chi connectivity index (χ4v) is 2.59. The Morgan fingerprint density at radius 2 is 2.18 bits per heavy atom. The molecule has 0 saturated heterocycles. The Hall–Kier alpha value is -1.39. The molecule has 2 rings (SSSR count). The maximum Gasteiger partial charge on any atom is 0.276 e. The van der Waals surface area contributed by atoms with Crippen LogP contribution in [0.1, 0.15) is 49.5 Å². The van der Waals surface area contributed by atoms with E-state index in [1.807, 2.05) is 11.9 Å². The quantitative estimate of drug-likeness (QED) is 0.871. The number of aromatic amines is 1. The Labute approximate surface area is 102 Å². The van der Waals surface area contributed by atoms with Crippen LogP contribution >= 0.6 is 0 Å². The predicted molar refractivity (Wildman–Crippen MR) is 64.5 cm³/mol. The second kappa shape index (κ2) is 5.29. The van der Waals surface area contributed by atoms with E-state index in [4.69, 9.17) is 0 Å². The molecule has 0 aliphatic heterocycles. The number of hydrogen-bond acceptors (Lipinski definition) is 3. The van der Waals surface area contributed by atoms with Crippen LogP contribution < -0.4 is 0 Å². The van der Waals surface area contributed by atoms with Gasteiger partial charge in [0.2, 0.25) is 0 Å². The summed E-state index contributed by atoms with van der Waals surface area (Å²) >= 11 is 0. The van der Waals surface area contributed by atoms with Crippen LogP contribution in [0.4, 0.5) is 0 Å². The molecule has 1 aliphatic rings. The van der Waals surface area contributed by atoms with Gasteiger partial charge in [-0.3, -0.25) is 4.79 Å². The lowest BCUT2D eigenvalue weighted by molar-refractivity contribution is 0.0668. The molecule has 17 heavy (non-hydrogen) atoms. The van der Waals surface area contributed by atoms with Crippen molar-refractivity contribution in [2.75, 3.05) is 7.05 Å². The molecule has 0 radical (unpaired) electrons. The number of hydrogen-bond donors (Lipinski definition) is 1. The molecule has 1 N–H and O–H groups in total. The number of aromatic nitrogens is 3. The molecule has 1 saturated carbocycles. The third kappa shape index (κ3) is 2.65. The number of rotatable bonds is 3. The molecule has 0 bridgehead atoms. The van der Waals surface area contributed by atoms with Gasteiger partial charge in [-0.2, -0.15) is 15.4 Å². The molecule has 1 fully saturated rings. The monoisotopic (exact) mass is 236 g/mol. The molecular weight excluding hydrogens is 216 g/mol. The summed E-state index contributed by atoms with van der Waals surface area (Å²) in [5.41, 5.74) is 0.408. The fourth-order valence-electron chi connectivity index (χ4n) is 2.59. The summed E-state index contributed by atoms with van der Waals surface area (Å²) in [4.78, 5) is 13.9. The Kier molecular flexibility index (Phi) is 3.76. The van der Waals surface area contributed by atoms with Crippen molar-refractivity contribution in [3.63, 3.8) is 0 Å². The van der Waals surface area contributed by atoms with Crippen LogP contribution in [0.15, 0.2) is 6.20 Å². The Balaban J connectivity index is 1.92. The third-order valence-electron chi connectivity index (χ3n) is 3.90. The van der Waals surface area contributed by atoms with Crippen LogP contribution in [0, 0.1) is 5.92 Å². The molecule has 0 spiro atoms. The van der Waals surface area contributed by atoms with Gasteiger partial charge in [0.15, 0.2) is 5.69 Å². The fraction of sp³-hybridized carbons (Fsp3) is 0.750. The molecule has 1 aliphatic carbocycles. The average Bonchev–Trinajstić information content (AvgIpc) is 2.91. The molecule has 1 aromatic heterocycles. The molecule has 1 heterocycles. The molecule has 0 atom stereocenters. The molecule has 1 aromatic rings. The average molecular weight is 236 g/mol. The zero-order valence-corrected chi connectivity index (χ0v) is 10.5. The maximum absolute atomic E-state index is 12.1. The lowest BCUT2D eigenvalue weighted by Gasteiger charge is -2.34. The first-order chi connectivity index (χ1) is 8.22. The van der Waals surface area contributed by atoms with Gasteiger partial charge in [-0.1, -0.05) is 13.3 Å². The van der Waals surface area contributed by atoms with E-state index in [0.29, 0.717) is 11.7 Å². The van der Waals surface area contributed by atoms with Crippen molar-refractivity contribution >= 4 is 5.91 Å². The van der Waals surface area contributed by atoms with Gasteiger partial charge in [0, 0.05) is 13.1 Å². The standard InChI is InChI=1S/C12H20N4O/c1-3-9-4-6-10(7-5-9)16(2)12(17)11-8-13-15-14-11/h8-10H,3-7H2,1-2H3,(H,13,14,15). The van der Waals surface area contributed by atoms with E-state index in [2.05, 4.69) is 22.3 Å². The lowest BCUT2D eigenvalue weighted by atomic mass is 9.84. The highest BCUT2D eigenvalue weighted by Gasteiger charge is 2.27. The summed E-state index contributed by atoms with van der Waals surface area (Å²) in [5.74, 6) is 0.820. The smallest absolute Gasteiger partial charge is 0.276 e. The highest BCUT2D eigenvalue weighted by Crippen LogP contribution is 2.29. The summed E-state index contributed by atoms with van der Waals surface area (Å²) < 4.78 is 0. The van der Waals surface area contributed by atoms with Gasteiger partial charge in [0.1, 0.15) is 0 Å². The van der Waals surface area contributed by atoms with Gasteiger partial charge >= 0.3 is 0 Å². The Morgan fingerprint density at radius 3 is 2.71 bits per heavy atom. The molecule has 0 aromatic carbocycles. The summed E-state index contributed by atoms with van der Waals surface area (Å²) in [6.45, 7) is 2.25. The van der Waals surface area contributed by atoms with Crippen molar-refractivity contribution < 1.29 is 4.79 Å². The van der Waals surface area contributed by atoms with Crippen LogP contribution in [0.25, 0.3) is 0 Å². The van der Waals surface area contributed by atoms with E-state index in [0.717, 1.165) is 18.8 Å². The van der Waals surface area contributed by atoms with Crippen molar-refractivity contribution in [1.29, 1.82) is 0 Å². The minimum Gasteiger partial charge on any atom is -0.337 e. The number of H-pyrrole nitrogens is 1. The minimum atomic E-state index is -0.0290. The lowest BCUT2D eigenvalue weighted by Crippen LogP contribution is -2.39. The zero-order chi connectivity index (χ0) is 12.3. The van der Waals surface area contributed by atoms with E-state index in [-0.39, 0.29) is 5.91 Å². The van der Waals surface area contributed by atoms with Gasteiger partial charge in [-0.15, -0.1) is 0 Å². The summed E-state index contributed by atoms with van der Waals surface area (Å²) in [7, 11) is 1.87. The Bertz CT molecular complexity index is 355. The molecule has 0 unspecified atom stereocenters. The van der Waals surface area contributed by atoms with Crippen molar-refractivity contribution in [1.82, 2.24) is 20.3 Å². The highest BCUT2D eigenvalue weighted by molar-refractivity contribution is 5.91. The number of nitrogens with zero attached hydrogens (tertiary/aromatic N) is 3. The second-order valence-electron chi connectivity index (χ2n) is 4.85. The van der Waals surface area contributed by atoms with Gasteiger partial charge in [0.05, 0.1) is 6.20 Å². The van der Waals surface area contributed by atoms with Gasteiger partial charge in [0.25, 0.3) is 5.91 Å². The van der Waals surface area contributed by atoms with Crippen LogP contribution in [0.2, 0.25) is 0 Å². The van der Waals surface area contributed by atoms with Gasteiger partial charge < -0.3 is 4.90 Å². The molecular formula is C12H20N4O. The predicted octanol–water partition coefficient (Wildman–Crippen LogP) is 1.85. The van der Waals surface area contributed by atoms with Crippen molar-refractivity contribution in [3.8, 4) is 0 Å². The number of amides is 1.